The minimum atomic E-state index is -3.94. The standard InChI is InChI=1S/C17H19FN2O3S.ClH/c1-23-13-6-7-17(15(18)10-13)24(21,22)20-11-16-14-5-3-2-4-12(14)8-9-19-16;/h2-7,10,16,19-20H,8-9,11H2,1H3;1H. The minimum absolute atomic E-state index is 0. The fourth-order valence-corrected chi connectivity index (χ4v) is 3.98. The van der Waals surface area contributed by atoms with Crippen molar-refractivity contribution in [3.05, 3.63) is 59.4 Å². The molecule has 1 unspecified atom stereocenters. The fraction of sp³-hybridized carbons (Fsp3) is 0.294. The average Bonchev–Trinajstić information content (AvgIpc) is 2.59. The second-order valence-corrected chi connectivity index (χ2v) is 7.34. The maximum absolute atomic E-state index is 14.0. The maximum atomic E-state index is 14.0. The van der Waals surface area contributed by atoms with Crippen LogP contribution in [0.25, 0.3) is 0 Å². The summed E-state index contributed by atoms with van der Waals surface area (Å²) in [5.41, 5.74) is 2.28. The molecule has 0 aliphatic carbocycles. The van der Waals surface area contributed by atoms with Crippen LogP contribution in [0.3, 0.4) is 0 Å². The zero-order chi connectivity index (χ0) is 17.2. The van der Waals surface area contributed by atoms with Crippen molar-refractivity contribution in [2.45, 2.75) is 17.4 Å². The van der Waals surface area contributed by atoms with E-state index < -0.39 is 15.8 Å². The molecule has 5 nitrogen and oxygen atoms in total. The first-order valence-corrected chi connectivity index (χ1v) is 9.14. The number of methoxy groups -OCH3 is 1. The van der Waals surface area contributed by atoms with Gasteiger partial charge in [0.25, 0.3) is 0 Å². The third-order valence-corrected chi connectivity index (χ3v) is 5.58. The lowest BCUT2D eigenvalue weighted by atomic mass is 9.95. The molecule has 0 aromatic heterocycles. The van der Waals surface area contributed by atoms with Crippen LogP contribution in [-0.2, 0) is 16.4 Å². The van der Waals surface area contributed by atoms with E-state index >= 15 is 0 Å². The molecule has 1 atom stereocenters. The van der Waals surface area contributed by atoms with Crippen LogP contribution in [0.4, 0.5) is 4.39 Å². The number of halogens is 2. The van der Waals surface area contributed by atoms with E-state index in [0.717, 1.165) is 24.6 Å². The van der Waals surface area contributed by atoms with Gasteiger partial charge in [-0.15, -0.1) is 12.4 Å². The van der Waals surface area contributed by atoms with Crippen LogP contribution in [0.15, 0.2) is 47.4 Å². The minimum Gasteiger partial charge on any atom is -0.497 e. The Balaban J connectivity index is 0.00000225. The molecule has 1 aliphatic rings. The van der Waals surface area contributed by atoms with Crippen LogP contribution in [-0.4, -0.2) is 28.6 Å². The van der Waals surface area contributed by atoms with E-state index in [1.807, 2.05) is 24.3 Å². The van der Waals surface area contributed by atoms with Crippen molar-refractivity contribution in [3.8, 4) is 5.75 Å². The molecule has 3 rings (SSSR count). The Morgan fingerprint density at radius 2 is 2.04 bits per heavy atom. The summed E-state index contributed by atoms with van der Waals surface area (Å²) >= 11 is 0. The number of nitrogens with one attached hydrogen (secondary N) is 2. The van der Waals surface area contributed by atoms with Crippen LogP contribution in [0.2, 0.25) is 0 Å². The summed E-state index contributed by atoms with van der Waals surface area (Å²) in [7, 11) is -2.54. The molecular weight excluding hydrogens is 367 g/mol. The third-order valence-electron chi connectivity index (χ3n) is 4.12. The summed E-state index contributed by atoms with van der Waals surface area (Å²) in [5.74, 6) is -0.562. The van der Waals surface area contributed by atoms with Gasteiger partial charge < -0.3 is 10.1 Å². The van der Waals surface area contributed by atoms with Crippen LogP contribution in [0, 0.1) is 5.82 Å². The topological polar surface area (TPSA) is 67.4 Å². The molecule has 0 saturated heterocycles. The summed E-state index contributed by atoms with van der Waals surface area (Å²) in [6.07, 6.45) is 0.909. The fourth-order valence-electron chi connectivity index (χ4n) is 2.87. The molecule has 0 bridgehead atoms. The lowest BCUT2D eigenvalue weighted by molar-refractivity contribution is 0.409. The number of benzene rings is 2. The van der Waals surface area contributed by atoms with Crippen molar-refractivity contribution in [2.75, 3.05) is 20.2 Å². The first-order chi connectivity index (χ1) is 11.5. The molecule has 136 valence electrons. The van der Waals surface area contributed by atoms with Crippen molar-refractivity contribution < 1.29 is 17.5 Å². The summed E-state index contributed by atoms with van der Waals surface area (Å²) in [4.78, 5) is -0.382. The Bertz CT molecular complexity index is 846. The number of hydrogen-bond acceptors (Lipinski definition) is 4. The summed E-state index contributed by atoms with van der Waals surface area (Å²) in [6, 6.07) is 11.5. The van der Waals surface area contributed by atoms with Crippen LogP contribution in [0.1, 0.15) is 17.2 Å². The predicted octanol–water partition coefficient (Wildman–Crippen LogP) is 2.42. The van der Waals surface area contributed by atoms with Crippen LogP contribution < -0.4 is 14.8 Å². The van der Waals surface area contributed by atoms with Crippen molar-refractivity contribution in [1.82, 2.24) is 10.0 Å². The van der Waals surface area contributed by atoms with Gasteiger partial charge in [0.15, 0.2) is 0 Å². The number of rotatable bonds is 5. The van der Waals surface area contributed by atoms with E-state index in [1.165, 1.54) is 24.8 Å². The van der Waals surface area contributed by atoms with E-state index in [2.05, 4.69) is 10.0 Å². The number of hydrogen-bond donors (Lipinski definition) is 2. The molecule has 1 heterocycles. The number of ether oxygens (including phenoxy) is 1. The highest BCUT2D eigenvalue weighted by atomic mass is 35.5. The van der Waals surface area contributed by atoms with Gasteiger partial charge in [-0.2, -0.15) is 0 Å². The quantitative estimate of drug-likeness (QED) is 0.828. The first kappa shape index (κ1) is 19.7. The molecular formula is C17H20ClFN2O3S. The van der Waals surface area contributed by atoms with Gasteiger partial charge in [-0.25, -0.2) is 17.5 Å². The van der Waals surface area contributed by atoms with Gasteiger partial charge in [-0.05, 0) is 36.2 Å². The van der Waals surface area contributed by atoms with Crippen LogP contribution >= 0.6 is 12.4 Å². The zero-order valence-corrected chi connectivity index (χ0v) is 15.3. The molecule has 0 spiro atoms. The van der Waals surface area contributed by atoms with Crippen molar-refractivity contribution >= 4 is 22.4 Å². The molecule has 2 aromatic rings. The Morgan fingerprint density at radius 3 is 2.76 bits per heavy atom. The van der Waals surface area contributed by atoms with Gasteiger partial charge in [0.1, 0.15) is 16.5 Å². The summed E-state index contributed by atoms with van der Waals surface area (Å²) in [6.45, 7) is 0.936. The Morgan fingerprint density at radius 1 is 1.28 bits per heavy atom. The largest absolute Gasteiger partial charge is 0.497 e. The molecule has 2 aromatic carbocycles. The molecule has 25 heavy (non-hydrogen) atoms. The number of fused-ring (bicyclic) bond motifs is 1. The van der Waals surface area contributed by atoms with E-state index in [9.17, 15) is 12.8 Å². The Labute approximate surface area is 153 Å². The van der Waals surface area contributed by atoms with E-state index in [-0.39, 0.29) is 35.6 Å². The molecule has 8 heteroatoms. The zero-order valence-electron chi connectivity index (χ0n) is 13.7. The average molecular weight is 387 g/mol. The van der Waals surface area contributed by atoms with Gasteiger partial charge in [-0.3, -0.25) is 0 Å². The first-order valence-electron chi connectivity index (χ1n) is 7.65. The van der Waals surface area contributed by atoms with Gasteiger partial charge in [0.2, 0.25) is 10.0 Å². The van der Waals surface area contributed by atoms with E-state index in [0.29, 0.717) is 0 Å². The lowest BCUT2D eigenvalue weighted by Gasteiger charge is -2.27. The highest BCUT2D eigenvalue weighted by molar-refractivity contribution is 7.89. The normalized spacial score (nSPS) is 16.6. The number of sulfonamides is 1. The van der Waals surface area contributed by atoms with Crippen molar-refractivity contribution in [1.29, 1.82) is 0 Å². The lowest BCUT2D eigenvalue weighted by Crippen LogP contribution is -2.39. The second-order valence-electron chi connectivity index (χ2n) is 5.60. The molecule has 1 aliphatic heterocycles. The smallest absolute Gasteiger partial charge is 0.243 e. The summed E-state index contributed by atoms with van der Waals surface area (Å²) in [5, 5.41) is 3.29. The van der Waals surface area contributed by atoms with Crippen molar-refractivity contribution in [3.63, 3.8) is 0 Å². The Kier molecular flexibility index (Phi) is 6.40. The highest BCUT2D eigenvalue weighted by Crippen LogP contribution is 2.24. The Hall–Kier alpha value is -1.67. The van der Waals surface area contributed by atoms with E-state index in [4.69, 9.17) is 4.74 Å². The van der Waals surface area contributed by atoms with Gasteiger partial charge >= 0.3 is 0 Å². The van der Waals surface area contributed by atoms with Gasteiger partial charge in [0, 0.05) is 18.7 Å². The highest BCUT2D eigenvalue weighted by Gasteiger charge is 2.24. The van der Waals surface area contributed by atoms with Gasteiger partial charge in [-0.1, -0.05) is 24.3 Å². The van der Waals surface area contributed by atoms with E-state index in [1.54, 1.807) is 0 Å². The molecule has 0 amide bonds. The predicted molar refractivity (Wildman–Crippen MR) is 96.3 cm³/mol. The summed E-state index contributed by atoms with van der Waals surface area (Å²) < 4.78 is 46.2. The third kappa shape index (κ3) is 4.30. The molecule has 0 saturated carbocycles. The monoisotopic (exact) mass is 386 g/mol. The molecule has 0 radical (unpaired) electrons. The maximum Gasteiger partial charge on any atom is 0.243 e. The second kappa shape index (κ2) is 8.14. The van der Waals surface area contributed by atoms with Crippen LogP contribution in [0.5, 0.6) is 5.75 Å². The molecule has 2 N–H and O–H groups in total. The van der Waals surface area contributed by atoms with Crippen molar-refractivity contribution in [2.24, 2.45) is 0 Å². The SMILES string of the molecule is COc1ccc(S(=O)(=O)NCC2NCCc3ccccc32)c(F)c1.Cl. The van der Waals surface area contributed by atoms with Gasteiger partial charge in [0.05, 0.1) is 7.11 Å². The molecule has 0 fully saturated rings.